The van der Waals surface area contributed by atoms with E-state index in [2.05, 4.69) is 0 Å². The summed E-state index contributed by atoms with van der Waals surface area (Å²) in [5, 5.41) is 10.6. The highest BCUT2D eigenvalue weighted by Crippen LogP contribution is 2.15. The van der Waals surface area contributed by atoms with Gasteiger partial charge in [0.2, 0.25) is 0 Å². The molecule has 0 atom stereocenters. The Bertz CT molecular complexity index is 654. The van der Waals surface area contributed by atoms with Gasteiger partial charge >= 0.3 is 0 Å². The van der Waals surface area contributed by atoms with Crippen LogP contribution in [0.1, 0.15) is 10.4 Å². The fourth-order valence-electron chi connectivity index (χ4n) is 1.86. The van der Waals surface area contributed by atoms with Crippen molar-refractivity contribution in [3.05, 3.63) is 70.0 Å². The van der Waals surface area contributed by atoms with Crippen molar-refractivity contribution in [2.24, 2.45) is 0 Å². The van der Waals surface area contributed by atoms with E-state index in [0.717, 1.165) is 0 Å². The minimum Gasteiger partial charge on any atom is -0.367 e. The first-order chi connectivity index (χ1) is 9.97. The van der Waals surface area contributed by atoms with E-state index in [1.807, 2.05) is 0 Å². The number of nitro groups is 1. The molecule has 2 rings (SSSR count). The van der Waals surface area contributed by atoms with Gasteiger partial charge in [0.15, 0.2) is 5.78 Å². The summed E-state index contributed by atoms with van der Waals surface area (Å²) in [6, 6.07) is 11.3. The van der Waals surface area contributed by atoms with Gasteiger partial charge < -0.3 is 4.90 Å². The van der Waals surface area contributed by atoms with Gasteiger partial charge in [-0.05, 0) is 36.4 Å². The second kappa shape index (κ2) is 6.13. The van der Waals surface area contributed by atoms with Crippen molar-refractivity contribution in [3.8, 4) is 0 Å². The molecule has 0 heterocycles. The average molecular weight is 288 g/mol. The number of hydrogen-bond donors (Lipinski definition) is 0. The number of carbonyl (C=O) groups excluding carboxylic acids is 1. The predicted molar refractivity (Wildman–Crippen MR) is 77.1 cm³/mol. The molecule has 6 heteroatoms. The summed E-state index contributed by atoms with van der Waals surface area (Å²) in [5.41, 5.74) is 1.06. The Morgan fingerprint density at radius 2 is 1.71 bits per heavy atom. The molecule has 21 heavy (non-hydrogen) atoms. The topological polar surface area (TPSA) is 63.5 Å². The summed E-state index contributed by atoms with van der Waals surface area (Å²) in [6.07, 6.45) is 0. The first kappa shape index (κ1) is 14.6. The van der Waals surface area contributed by atoms with Gasteiger partial charge in [0.1, 0.15) is 5.82 Å². The van der Waals surface area contributed by atoms with E-state index in [-0.39, 0.29) is 23.8 Å². The van der Waals surface area contributed by atoms with Crippen LogP contribution in [0.3, 0.4) is 0 Å². The van der Waals surface area contributed by atoms with Crippen LogP contribution in [0.4, 0.5) is 15.8 Å². The van der Waals surface area contributed by atoms with Gasteiger partial charge in [0.25, 0.3) is 5.69 Å². The number of carbonyl (C=O) groups is 1. The van der Waals surface area contributed by atoms with E-state index in [9.17, 15) is 19.3 Å². The maximum atomic E-state index is 12.8. The number of likely N-dealkylation sites (N-methyl/N-ethyl adjacent to an activating group) is 1. The number of hydrogen-bond acceptors (Lipinski definition) is 4. The van der Waals surface area contributed by atoms with E-state index < -0.39 is 4.92 Å². The Morgan fingerprint density at radius 1 is 1.14 bits per heavy atom. The zero-order chi connectivity index (χ0) is 15.4. The van der Waals surface area contributed by atoms with Crippen molar-refractivity contribution in [1.29, 1.82) is 0 Å². The van der Waals surface area contributed by atoms with E-state index in [0.29, 0.717) is 11.3 Å². The number of halogens is 1. The Hall–Kier alpha value is -2.76. The highest BCUT2D eigenvalue weighted by Gasteiger charge is 2.12. The fourth-order valence-corrected chi connectivity index (χ4v) is 1.86. The lowest BCUT2D eigenvalue weighted by atomic mass is 10.1. The number of Topliss-reactive ketones (excluding diaryl/α,β-unsaturated/α-hetero) is 1. The summed E-state index contributed by atoms with van der Waals surface area (Å²) in [5.74, 6) is -0.509. The summed E-state index contributed by atoms with van der Waals surface area (Å²) >= 11 is 0. The maximum Gasteiger partial charge on any atom is 0.269 e. The van der Waals surface area contributed by atoms with E-state index in [4.69, 9.17) is 0 Å². The fraction of sp³-hybridized carbons (Fsp3) is 0.133. The van der Waals surface area contributed by atoms with Crippen molar-refractivity contribution in [3.63, 3.8) is 0 Å². The van der Waals surface area contributed by atoms with Crippen molar-refractivity contribution in [1.82, 2.24) is 0 Å². The van der Waals surface area contributed by atoms with Crippen LogP contribution in [0.2, 0.25) is 0 Å². The molecule has 108 valence electrons. The molecule has 0 unspecified atom stereocenters. The lowest BCUT2D eigenvalue weighted by Gasteiger charge is -2.18. The lowest BCUT2D eigenvalue weighted by Crippen LogP contribution is -2.25. The van der Waals surface area contributed by atoms with Crippen molar-refractivity contribution >= 4 is 17.2 Å². The molecule has 0 aliphatic heterocycles. The van der Waals surface area contributed by atoms with Crippen molar-refractivity contribution in [2.75, 3.05) is 18.5 Å². The molecule has 2 aromatic carbocycles. The van der Waals surface area contributed by atoms with E-state index in [1.54, 1.807) is 24.1 Å². The molecule has 0 aromatic heterocycles. The highest BCUT2D eigenvalue weighted by molar-refractivity contribution is 5.99. The molecule has 0 bridgehead atoms. The van der Waals surface area contributed by atoms with Crippen molar-refractivity contribution in [2.45, 2.75) is 0 Å². The third-order valence-electron chi connectivity index (χ3n) is 3.05. The first-order valence-electron chi connectivity index (χ1n) is 6.22. The molecular weight excluding hydrogens is 275 g/mol. The molecule has 0 saturated heterocycles. The molecule has 0 N–H and O–H groups in total. The number of anilines is 1. The molecule has 0 amide bonds. The largest absolute Gasteiger partial charge is 0.367 e. The monoisotopic (exact) mass is 288 g/mol. The van der Waals surface area contributed by atoms with Crippen LogP contribution >= 0.6 is 0 Å². The second-order valence-corrected chi connectivity index (χ2v) is 4.56. The van der Waals surface area contributed by atoms with Gasteiger partial charge in [-0.1, -0.05) is 0 Å². The number of rotatable bonds is 5. The van der Waals surface area contributed by atoms with Gasteiger partial charge in [-0.2, -0.15) is 0 Å². The summed E-state index contributed by atoms with van der Waals surface area (Å²) < 4.78 is 12.8. The lowest BCUT2D eigenvalue weighted by molar-refractivity contribution is -0.384. The zero-order valence-electron chi connectivity index (χ0n) is 11.3. The van der Waals surface area contributed by atoms with Crippen LogP contribution in [0.15, 0.2) is 48.5 Å². The van der Waals surface area contributed by atoms with Crippen LogP contribution in [0.5, 0.6) is 0 Å². The normalized spacial score (nSPS) is 10.2. The van der Waals surface area contributed by atoms with Gasteiger partial charge in [0, 0.05) is 30.4 Å². The van der Waals surface area contributed by atoms with Crippen molar-refractivity contribution < 1.29 is 14.1 Å². The van der Waals surface area contributed by atoms with Crippen LogP contribution in [-0.2, 0) is 0 Å². The van der Waals surface area contributed by atoms with Crippen LogP contribution in [0.25, 0.3) is 0 Å². The predicted octanol–water partition coefficient (Wildman–Crippen LogP) is 3.05. The minimum atomic E-state index is -0.515. The Labute approximate surface area is 120 Å². The maximum absolute atomic E-state index is 12.8. The van der Waals surface area contributed by atoms with Crippen LogP contribution in [0, 0.1) is 15.9 Å². The minimum absolute atomic E-state index is 0.0570. The van der Waals surface area contributed by atoms with Crippen LogP contribution < -0.4 is 4.90 Å². The number of non-ortho nitro benzene ring substituents is 1. The summed E-state index contributed by atoms with van der Waals surface area (Å²) in [7, 11) is 1.72. The molecule has 2 aromatic rings. The summed E-state index contributed by atoms with van der Waals surface area (Å²) in [4.78, 5) is 23.8. The molecular formula is C15H13FN2O3. The summed E-state index contributed by atoms with van der Waals surface area (Å²) in [6.45, 7) is 0.101. The molecule has 0 radical (unpaired) electrons. The average Bonchev–Trinajstić information content (AvgIpc) is 2.47. The molecule has 0 saturated carbocycles. The number of nitrogens with zero attached hydrogens (tertiary/aromatic N) is 2. The zero-order valence-corrected chi connectivity index (χ0v) is 11.3. The van der Waals surface area contributed by atoms with Gasteiger partial charge in [-0.3, -0.25) is 14.9 Å². The number of benzene rings is 2. The van der Waals surface area contributed by atoms with E-state index in [1.165, 1.54) is 36.4 Å². The molecule has 5 nitrogen and oxygen atoms in total. The van der Waals surface area contributed by atoms with E-state index >= 15 is 0 Å². The van der Waals surface area contributed by atoms with Gasteiger partial charge in [0.05, 0.1) is 11.5 Å². The SMILES string of the molecule is CN(CC(=O)c1ccc([N+](=O)[O-])cc1)c1ccc(F)cc1. The Morgan fingerprint density at radius 3 is 2.24 bits per heavy atom. The molecule has 0 fully saturated rings. The Balaban J connectivity index is 2.06. The third kappa shape index (κ3) is 3.62. The Kier molecular flexibility index (Phi) is 4.27. The van der Waals surface area contributed by atoms with Crippen LogP contribution in [-0.4, -0.2) is 24.3 Å². The first-order valence-corrected chi connectivity index (χ1v) is 6.22. The third-order valence-corrected chi connectivity index (χ3v) is 3.05. The molecule has 0 spiro atoms. The standard InChI is InChI=1S/C15H13FN2O3/c1-17(13-8-4-12(16)5-9-13)10-15(19)11-2-6-14(7-3-11)18(20)21/h2-9H,10H2,1H3. The van der Waals surface area contributed by atoms with Gasteiger partial charge in [-0.15, -0.1) is 0 Å². The number of ketones is 1. The van der Waals surface area contributed by atoms with Gasteiger partial charge in [-0.25, -0.2) is 4.39 Å². The smallest absolute Gasteiger partial charge is 0.269 e. The second-order valence-electron chi connectivity index (χ2n) is 4.56. The quantitative estimate of drug-likeness (QED) is 0.482. The number of nitro benzene ring substituents is 1. The highest BCUT2D eigenvalue weighted by atomic mass is 19.1. The molecule has 0 aliphatic rings. The molecule has 0 aliphatic carbocycles.